The fourth-order valence-corrected chi connectivity index (χ4v) is 2.37. The molecule has 1 saturated heterocycles. The smallest absolute Gasteiger partial charge is 0.138 e. The maximum absolute atomic E-state index is 6.07. The summed E-state index contributed by atoms with van der Waals surface area (Å²) in [5.74, 6) is 0.813. The van der Waals surface area contributed by atoms with Gasteiger partial charge < -0.3 is 9.64 Å². The standard InChI is InChI=1S/C14H20ClNO/c1-12-5-6-13(15)14(11-12)17-10-4-9-16-7-2-3-8-16/h5-6,11H,2-4,7-10H2,1H3. The Bertz CT molecular complexity index is 361. The van der Waals surface area contributed by atoms with Gasteiger partial charge in [0.1, 0.15) is 5.75 Å². The normalized spacial score (nSPS) is 16.4. The van der Waals surface area contributed by atoms with Gasteiger partial charge in [0.05, 0.1) is 11.6 Å². The zero-order chi connectivity index (χ0) is 12.1. The molecule has 1 aromatic rings. The van der Waals surface area contributed by atoms with E-state index in [1.807, 2.05) is 25.1 Å². The first-order chi connectivity index (χ1) is 8.25. The predicted octanol–water partition coefficient (Wildman–Crippen LogP) is 3.51. The van der Waals surface area contributed by atoms with Crippen LogP contribution in [0.2, 0.25) is 5.02 Å². The van der Waals surface area contributed by atoms with E-state index < -0.39 is 0 Å². The molecule has 0 aromatic heterocycles. The SMILES string of the molecule is Cc1ccc(Cl)c(OCCCN2CCCC2)c1. The van der Waals surface area contributed by atoms with Crippen LogP contribution in [0.4, 0.5) is 0 Å². The van der Waals surface area contributed by atoms with Crippen molar-refractivity contribution in [3.8, 4) is 5.75 Å². The minimum atomic E-state index is 0.705. The largest absolute Gasteiger partial charge is 0.492 e. The van der Waals surface area contributed by atoms with Gasteiger partial charge in [0.25, 0.3) is 0 Å². The van der Waals surface area contributed by atoms with E-state index in [0.717, 1.165) is 25.3 Å². The second kappa shape index (κ2) is 6.27. The van der Waals surface area contributed by atoms with Crippen LogP contribution in [0.3, 0.4) is 0 Å². The Morgan fingerprint density at radius 1 is 1.29 bits per heavy atom. The quantitative estimate of drug-likeness (QED) is 0.745. The third-order valence-electron chi connectivity index (χ3n) is 3.16. The number of benzene rings is 1. The summed E-state index contributed by atoms with van der Waals surface area (Å²) in [6.45, 7) is 6.45. The minimum Gasteiger partial charge on any atom is -0.492 e. The maximum atomic E-state index is 6.07. The third-order valence-corrected chi connectivity index (χ3v) is 3.47. The van der Waals surface area contributed by atoms with Gasteiger partial charge in [0, 0.05) is 6.54 Å². The van der Waals surface area contributed by atoms with Gasteiger partial charge in [-0.3, -0.25) is 0 Å². The summed E-state index contributed by atoms with van der Waals surface area (Å²) in [7, 11) is 0. The number of rotatable bonds is 5. The molecule has 94 valence electrons. The van der Waals surface area contributed by atoms with Crippen molar-refractivity contribution in [1.82, 2.24) is 4.90 Å². The molecule has 2 rings (SSSR count). The van der Waals surface area contributed by atoms with Crippen molar-refractivity contribution in [3.63, 3.8) is 0 Å². The highest BCUT2D eigenvalue weighted by molar-refractivity contribution is 6.32. The lowest BCUT2D eigenvalue weighted by Gasteiger charge is -2.14. The molecule has 0 unspecified atom stereocenters. The van der Waals surface area contributed by atoms with Crippen molar-refractivity contribution in [1.29, 1.82) is 0 Å². The fraction of sp³-hybridized carbons (Fsp3) is 0.571. The van der Waals surface area contributed by atoms with Gasteiger partial charge >= 0.3 is 0 Å². The third kappa shape index (κ3) is 3.90. The Kier molecular flexibility index (Phi) is 4.69. The van der Waals surface area contributed by atoms with E-state index in [4.69, 9.17) is 16.3 Å². The van der Waals surface area contributed by atoms with Crippen LogP contribution in [0.5, 0.6) is 5.75 Å². The molecule has 0 radical (unpaired) electrons. The number of likely N-dealkylation sites (tertiary alicyclic amines) is 1. The van der Waals surface area contributed by atoms with E-state index in [2.05, 4.69) is 4.90 Å². The highest BCUT2D eigenvalue weighted by Gasteiger charge is 2.10. The van der Waals surface area contributed by atoms with Crippen molar-refractivity contribution < 1.29 is 4.74 Å². The zero-order valence-electron chi connectivity index (χ0n) is 10.4. The van der Waals surface area contributed by atoms with Crippen LogP contribution >= 0.6 is 11.6 Å². The molecule has 0 aliphatic carbocycles. The van der Waals surface area contributed by atoms with Crippen LogP contribution < -0.4 is 4.74 Å². The predicted molar refractivity (Wildman–Crippen MR) is 72.0 cm³/mol. The van der Waals surface area contributed by atoms with Gasteiger partial charge in [0.2, 0.25) is 0 Å². The van der Waals surface area contributed by atoms with Crippen molar-refractivity contribution in [2.45, 2.75) is 26.2 Å². The van der Waals surface area contributed by atoms with Crippen LogP contribution in [-0.4, -0.2) is 31.1 Å². The number of hydrogen-bond acceptors (Lipinski definition) is 2. The van der Waals surface area contributed by atoms with E-state index in [0.29, 0.717) is 5.02 Å². The highest BCUT2D eigenvalue weighted by atomic mass is 35.5. The first-order valence-electron chi connectivity index (χ1n) is 6.37. The monoisotopic (exact) mass is 253 g/mol. The molecule has 1 fully saturated rings. The molecule has 1 aromatic carbocycles. The topological polar surface area (TPSA) is 12.5 Å². The molecule has 1 heterocycles. The maximum Gasteiger partial charge on any atom is 0.138 e. The average Bonchev–Trinajstić information content (AvgIpc) is 2.82. The summed E-state index contributed by atoms with van der Waals surface area (Å²) in [6.07, 6.45) is 3.78. The van der Waals surface area contributed by atoms with Gasteiger partial charge in [-0.15, -0.1) is 0 Å². The number of aryl methyl sites for hydroxylation is 1. The van der Waals surface area contributed by atoms with E-state index in [1.165, 1.54) is 31.5 Å². The molecule has 0 amide bonds. The molecular formula is C14H20ClNO. The zero-order valence-corrected chi connectivity index (χ0v) is 11.2. The van der Waals surface area contributed by atoms with Crippen molar-refractivity contribution in [2.75, 3.05) is 26.2 Å². The van der Waals surface area contributed by atoms with Crippen LogP contribution in [0.1, 0.15) is 24.8 Å². The molecule has 3 heteroatoms. The molecule has 0 atom stereocenters. The molecule has 17 heavy (non-hydrogen) atoms. The summed E-state index contributed by atoms with van der Waals surface area (Å²) in [5, 5.41) is 0.705. The van der Waals surface area contributed by atoms with E-state index in [9.17, 15) is 0 Å². The number of halogens is 1. The van der Waals surface area contributed by atoms with Crippen LogP contribution in [0, 0.1) is 6.92 Å². The van der Waals surface area contributed by atoms with Gasteiger partial charge in [-0.05, 0) is 57.0 Å². The van der Waals surface area contributed by atoms with E-state index in [1.54, 1.807) is 0 Å². The number of hydrogen-bond donors (Lipinski definition) is 0. The van der Waals surface area contributed by atoms with Crippen molar-refractivity contribution in [2.24, 2.45) is 0 Å². The van der Waals surface area contributed by atoms with Crippen LogP contribution in [-0.2, 0) is 0 Å². The Morgan fingerprint density at radius 2 is 2.06 bits per heavy atom. The number of nitrogens with zero attached hydrogens (tertiary/aromatic N) is 1. The first-order valence-corrected chi connectivity index (χ1v) is 6.75. The lowest BCUT2D eigenvalue weighted by Crippen LogP contribution is -2.21. The molecule has 1 aliphatic heterocycles. The molecule has 2 nitrogen and oxygen atoms in total. The Morgan fingerprint density at radius 3 is 2.82 bits per heavy atom. The fourth-order valence-electron chi connectivity index (χ4n) is 2.20. The van der Waals surface area contributed by atoms with E-state index >= 15 is 0 Å². The van der Waals surface area contributed by atoms with Crippen LogP contribution in [0.25, 0.3) is 0 Å². The van der Waals surface area contributed by atoms with Gasteiger partial charge in [-0.2, -0.15) is 0 Å². The lowest BCUT2D eigenvalue weighted by atomic mass is 10.2. The summed E-state index contributed by atoms with van der Waals surface area (Å²) in [6, 6.07) is 5.89. The average molecular weight is 254 g/mol. The van der Waals surface area contributed by atoms with Crippen molar-refractivity contribution in [3.05, 3.63) is 28.8 Å². The molecular weight excluding hydrogens is 234 g/mol. The molecule has 0 N–H and O–H groups in total. The highest BCUT2D eigenvalue weighted by Crippen LogP contribution is 2.25. The van der Waals surface area contributed by atoms with Gasteiger partial charge in [-0.1, -0.05) is 17.7 Å². The molecule has 0 bridgehead atoms. The number of ether oxygens (including phenoxy) is 1. The Hall–Kier alpha value is -0.730. The lowest BCUT2D eigenvalue weighted by molar-refractivity contribution is 0.263. The summed E-state index contributed by atoms with van der Waals surface area (Å²) in [5.41, 5.74) is 1.18. The first kappa shape index (κ1) is 12.7. The molecule has 1 aliphatic rings. The minimum absolute atomic E-state index is 0.705. The van der Waals surface area contributed by atoms with Crippen LogP contribution in [0.15, 0.2) is 18.2 Å². The van der Waals surface area contributed by atoms with Gasteiger partial charge in [-0.25, -0.2) is 0 Å². The Labute approximate surface area is 109 Å². The summed E-state index contributed by atoms with van der Waals surface area (Å²) in [4.78, 5) is 2.50. The Balaban J connectivity index is 1.72. The molecule has 0 spiro atoms. The second-order valence-electron chi connectivity index (χ2n) is 4.68. The van der Waals surface area contributed by atoms with Gasteiger partial charge in [0.15, 0.2) is 0 Å². The summed E-state index contributed by atoms with van der Waals surface area (Å²) < 4.78 is 5.72. The van der Waals surface area contributed by atoms with E-state index in [-0.39, 0.29) is 0 Å². The van der Waals surface area contributed by atoms with Crippen molar-refractivity contribution >= 4 is 11.6 Å². The summed E-state index contributed by atoms with van der Waals surface area (Å²) >= 11 is 6.07. The molecule has 0 saturated carbocycles. The second-order valence-corrected chi connectivity index (χ2v) is 5.09.